The highest BCUT2D eigenvalue weighted by atomic mass is 16.3. The lowest BCUT2D eigenvalue weighted by atomic mass is 10.1. The molecular weight excluding hydrogens is 404 g/mol. The van der Waals surface area contributed by atoms with Gasteiger partial charge in [0, 0.05) is 35.4 Å². The standard InChI is InChI=1S/C24H30N6O2/c31-16-18-14-17-15-27-24(28-22(17)30(23(18)32)19-6-1-2-7-19)29(21-9-3-4-12-26-21)20-8-5-11-25-13-10-20/h3-4,9,12,14-15,19-20,25,31H,1-2,5-8,10-11,13,16H2. The van der Waals surface area contributed by atoms with Crippen molar-refractivity contribution in [1.29, 1.82) is 0 Å². The van der Waals surface area contributed by atoms with Crippen molar-refractivity contribution in [3.63, 3.8) is 0 Å². The minimum Gasteiger partial charge on any atom is -0.391 e. The van der Waals surface area contributed by atoms with Crippen molar-refractivity contribution in [3.05, 3.63) is 52.6 Å². The van der Waals surface area contributed by atoms with Crippen LogP contribution in [0.2, 0.25) is 0 Å². The van der Waals surface area contributed by atoms with Crippen LogP contribution < -0.4 is 15.8 Å². The number of aliphatic hydroxyl groups is 1. The van der Waals surface area contributed by atoms with Gasteiger partial charge in [-0.15, -0.1) is 0 Å². The highest BCUT2D eigenvalue weighted by Crippen LogP contribution is 2.32. The molecule has 5 rings (SSSR count). The lowest BCUT2D eigenvalue weighted by Gasteiger charge is -2.30. The van der Waals surface area contributed by atoms with Gasteiger partial charge in [-0.2, -0.15) is 4.98 Å². The van der Waals surface area contributed by atoms with Gasteiger partial charge >= 0.3 is 0 Å². The van der Waals surface area contributed by atoms with Crippen LogP contribution >= 0.6 is 0 Å². The fourth-order valence-corrected chi connectivity index (χ4v) is 5.11. The van der Waals surface area contributed by atoms with Gasteiger partial charge in [-0.05, 0) is 63.4 Å². The van der Waals surface area contributed by atoms with Crippen molar-refractivity contribution in [2.75, 3.05) is 18.0 Å². The number of aromatic nitrogens is 4. The largest absolute Gasteiger partial charge is 0.391 e. The Morgan fingerprint density at radius 3 is 2.75 bits per heavy atom. The summed E-state index contributed by atoms with van der Waals surface area (Å²) in [6.07, 6.45) is 10.8. The topological polar surface area (TPSA) is 96.2 Å². The highest BCUT2D eigenvalue weighted by Gasteiger charge is 2.27. The van der Waals surface area contributed by atoms with Crippen LogP contribution in [0.3, 0.4) is 0 Å². The number of rotatable bonds is 5. The van der Waals surface area contributed by atoms with E-state index in [1.165, 1.54) is 0 Å². The van der Waals surface area contributed by atoms with Crippen molar-refractivity contribution in [3.8, 4) is 0 Å². The molecular formula is C24H30N6O2. The fourth-order valence-electron chi connectivity index (χ4n) is 5.11. The van der Waals surface area contributed by atoms with E-state index in [4.69, 9.17) is 9.97 Å². The highest BCUT2D eigenvalue weighted by molar-refractivity contribution is 5.77. The van der Waals surface area contributed by atoms with Crippen LogP contribution in [0.15, 0.2) is 41.5 Å². The second kappa shape index (κ2) is 9.34. The molecule has 1 saturated carbocycles. The van der Waals surface area contributed by atoms with Crippen molar-refractivity contribution in [2.24, 2.45) is 0 Å². The zero-order valence-electron chi connectivity index (χ0n) is 18.3. The molecule has 1 aliphatic carbocycles. The van der Waals surface area contributed by atoms with Crippen molar-refractivity contribution < 1.29 is 5.11 Å². The number of hydrogen-bond donors (Lipinski definition) is 2. The Balaban J connectivity index is 1.67. The van der Waals surface area contributed by atoms with Crippen molar-refractivity contribution in [1.82, 2.24) is 24.8 Å². The summed E-state index contributed by atoms with van der Waals surface area (Å²) < 4.78 is 1.81. The van der Waals surface area contributed by atoms with Gasteiger partial charge in [0.15, 0.2) is 0 Å². The first kappa shape index (κ1) is 21.0. The quantitative estimate of drug-likeness (QED) is 0.637. The van der Waals surface area contributed by atoms with E-state index in [0.29, 0.717) is 17.2 Å². The third-order valence-electron chi connectivity index (χ3n) is 6.72. The first-order chi connectivity index (χ1) is 15.8. The summed E-state index contributed by atoms with van der Waals surface area (Å²) >= 11 is 0. The molecule has 8 heteroatoms. The molecule has 0 bridgehead atoms. The van der Waals surface area contributed by atoms with E-state index in [1.807, 2.05) is 22.8 Å². The molecule has 1 aliphatic heterocycles. The van der Waals surface area contributed by atoms with Crippen LogP contribution in [-0.2, 0) is 6.61 Å². The average Bonchev–Trinajstić information content (AvgIpc) is 3.22. The second-order valence-corrected chi connectivity index (χ2v) is 8.78. The van der Waals surface area contributed by atoms with E-state index < -0.39 is 0 Å². The molecule has 0 spiro atoms. The van der Waals surface area contributed by atoms with Crippen LogP contribution in [-0.4, -0.2) is 43.8 Å². The van der Waals surface area contributed by atoms with Crippen LogP contribution in [0.1, 0.15) is 56.6 Å². The third kappa shape index (κ3) is 4.00. The van der Waals surface area contributed by atoms with Gasteiger partial charge in [-0.1, -0.05) is 18.9 Å². The first-order valence-electron chi connectivity index (χ1n) is 11.7. The maximum atomic E-state index is 13.2. The minimum absolute atomic E-state index is 0.115. The zero-order valence-corrected chi connectivity index (χ0v) is 18.3. The molecule has 4 heterocycles. The van der Waals surface area contributed by atoms with Crippen LogP contribution in [0.5, 0.6) is 0 Å². The molecule has 0 aromatic carbocycles. The number of aliphatic hydroxyl groups excluding tert-OH is 1. The van der Waals surface area contributed by atoms with Gasteiger partial charge in [0.2, 0.25) is 5.95 Å². The average molecular weight is 435 g/mol. The molecule has 32 heavy (non-hydrogen) atoms. The molecule has 168 valence electrons. The van der Waals surface area contributed by atoms with Gasteiger partial charge in [-0.3, -0.25) is 14.3 Å². The normalized spacial score (nSPS) is 19.8. The molecule has 0 radical (unpaired) electrons. The molecule has 2 fully saturated rings. The Morgan fingerprint density at radius 1 is 1.09 bits per heavy atom. The summed E-state index contributed by atoms with van der Waals surface area (Å²) in [5.74, 6) is 1.39. The predicted octanol–water partition coefficient (Wildman–Crippen LogP) is 3.07. The molecule has 2 N–H and O–H groups in total. The number of fused-ring (bicyclic) bond motifs is 1. The van der Waals surface area contributed by atoms with Gasteiger partial charge in [0.05, 0.1) is 6.61 Å². The molecule has 1 atom stereocenters. The van der Waals surface area contributed by atoms with Gasteiger partial charge in [-0.25, -0.2) is 9.97 Å². The summed E-state index contributed by atoms with van der Waals surface area (Å²) in [6.45, 7) is 1.67. The number of pyridine rings is 2. The summed E-state index contributed by atoms with van der Waals surface area (Å²) in [4.78, 5) is 29.6. The maximum Gasteiger partial charge on any atom is 0.258 e. The number of nitrogens with zero attached hydrogens (tertiary/aromatic N) is 5. The lowest BCUT2D eigenvalue weighted by molar-refractivity contribution is 0.279. The Morgan fingerprint density at radius 2 is 1.97 bits per heavy atom. The summed E-state index contributed by atoms with van der Waals surface area (Å²) in [5.41, 5.74) is 0.911. The van der Waals surface area contributed by atoms with Crippen molar-refractivity contribution in [2.45, 2.75) is 63.6 Å². The predicted molar refractivity (Wildman–Crippen MR) is 124 cm³/mol. The molecule has 8 nitrogen and oxygen atoms in total. The Kier molecular flexibility index (Phi) is 6.14. The third-order valence-corrected chi connectivity index (χ3v) is 6.72. The first-order valence-corrected chi connectivity index (χ1v) is 11.7. The lowest BCUT2D eigenvalue weighted by Crippen LogP contribution is -2.34. The number of anilines is 2. The molecule has 3 aromatic heterocycles. The van der Waals surface area contributed by atoms with E-state index in [-0.39, 0.29) is 24.2 Å². The van der Waals surface area contributed by atoms with E-state index in [0.717, 1.165) is 69.2 Å². The molecule has 2 aliphatic rings. The fraction of sp³-hybridized carbons (Fsp3) is 0.500. The Bertz CT molecular complexity index is 1120. The SMILES string of the molecule is O=c1c(CO)cc2cnc(N(c3ccccn3)C3CCCNCC3)nc2n1C1CCCC1. The van der Waals surface area contributed by atoms with Gasteiger partial charge in [0.1, 0.15) is 11.5 Å². The van der Waals surface area contributed by atoms with Gasteiger partial charge < -0.3 is 10.4 Å². The molecule has 0 amide bonds. The van der Waals surface area contributed by atoms with E-state index >= 15 is 0 Å². The van der Waals surface area contributed by atoms with Gasteiger partial charge in [0.25, 0.3) is 5.56 Å². The Labute approximate surface area is 187 Å². The monoisotopic (exact) mass is 434 g/mol. The number of nitrogens with one attached hydrogen (secondary N) is 1. The minimum atomic E-state index is -0.279. The molecule has 1 saturated heterocycles. The van der Waals surface area contributed by atoms with Crippen LogP contribution in [0, 0.1) is 0 Å². The van der Waals surface area contributed by atoms with Crippen LogP contribution in [0.25, 0.3) is 11.0 Å². The van der Waals surface area contributed by atoms with E-state index in [2.05, 4.69) is 15.2 Å². The Hall–Kier alpha value is -2.84. The zero-order chi connectivity index (χ0) is 21.9. The second-order valence-electron chi connectivity index (χ2n) is 8.78. The van der Waals surface area contributed by atoms with E-state index in [9.17, 15) is 9.90 Å². The van der Waals surface area contributed by atoms with E-state index in [1.54, 1.807) is 18.5 Å². The molecule has 3 aromatic rings. The van der Waals surface area contributed by atoms with Crippen LogP contribution in [0.4, 0.5) is 11.8 Å². The maximum absolute atomic E-state index is 13.2. The molecule has 1 unspecified atom stereocenters. The summed E-state index contributed by atoms with van der Waals surface area (Å²) in [6, 6.07) is 7.95. The van der Waals surface area contributed by atoms with Crippen molar-refractivity contribution >= 4 is 22.8 Å². The summed E-state index contributed by atoms with van der Waals surface area (Å²) in [5, 5.41) is 14.0. The summed E-state index contributed by atoms with van der Waals surface area (Å²) in [7, 11) is 0. The smallest absolute Gasteiger partial charge is 0.258 e. The number of hydrogen-bond acceptors (Lipinski definition) is 7.